The van der Waals surface area contributed by atoms with Crippen molar-refractivity contribution in [1.82, 2.24) is 19.5 Å². The molecule has 0 aliphatic heterocycles. The highest BCUT2D eigenvalue weighted by Gasteiger charge is 2.15. The number of aromatic nitrogens is 3. The van der Waals surface area contributed by atoms with Crippen molar-refractivity contribution in [3.8, 4) is 5.75 Å². The first-order valence-corrected chi connectivity index (χ1v) is 10.0. The average Bonchev–Trinajstić information content (AvgIpc) is 3.00. The van der Waals surface area contributed by atoms with Gasteiger partial charge in [0.25, 0.3) is 0 Å². The summed E-state index contributed by atoms with van der Waals surface area (Å²) in [5.74, 6) is 0.952. The largest absolute Gasteiger partial charge is 0.492 e. The van der Waals surface area contributed by atoms with Gasteiger partial charge < -0.3 is 9.64 Å². The molecule has 3 rings (SSSR count). The number of carbonyl (C=O) groups excluding carboxylic acids is 1. The van der Waals surface area contributed by atoms with Crippen LogP contribution in [0.5, 0.6) is 5.75 Å². The van der Waals surface area contributed by atoms with Crippen LogP contribution in [0.1, 0.15) is 40.2 Å². The van der Waals surface area contributed by atoms with Crippen LogP contribution < -0.4 is 4.74 Å². The van der Waals surface area contributed by atoms with Crippen LogP contribution in [0.4, 0.5) is 0 Å². The highest BCUT2D eigenvalue weighted by atomic mass is 16.5. The van der Waals surface area contributed by atoms with E-state index < -0.39 is 0 Å². The molecule has 0 aliphatic carbocycles. The molecule has 29 heavy (non-hydrogen) atoms. The van der Waals surface area contributed by atoms with Crippen LogP contribution in [0.3, 0.4) is 0 Å². The second-order valence-electron chi connectivity index (χ2n) is 7.80. The Balaban J connectivity index is 1.55. The Morgan fingerprint density at radius 3 is 2.45 bits per heavy atom. The minimum Gasteiger partial charge on any atom is -0.492 e. The number of aryl methyl sites for hydroxylation is 5. The van der Waals surface area contributed by atoms with Crippen molar-refractivity contribution in [3.63, 3.8) is 0 Å². The van der Waals surface area contributed by atoms with Crippen LogP contribution in [0.2, 0.25) is 0 Å². The Kier molecular flexibility index (Phi) is 6.20. The molecule has 0 unspecified atom stereocenters. The van der Waals surface area contributed by atoms with Gasteiger partial charge in [0.15, 0.2) is 5.65 Å². The number of carbonyl (C=O) groups is 1. The molecular formula is C23H30N4O2. The zero-order chi connectivity index (χ0) is 21.1. The summed E-state index contributed by atoms with van der Waals surface area (Å²) in [6.45, 7) is 11.1. The number of amides is 1. The summed E-state index contributed by atoms with van der Waals surface area (Å²) in [6.07, 6.45) is 1.09. The van der Waals surface area contributed by atoms with Gasteiger partial charge in [0.1, 0.15) is 12.4 Å². The third-order valence-electron chi connectivity index (χ3n) is 5.19. The van der Waals surface area contributed by atoms with E-state index in [1.54, 1.807) is 4.90 Å². The van der Waals surface area contributed by atoms with E-state index >= 15 is 0 Å². The highest BCUT2D eigenvalue weighted by molar-refractivity contribution is 5.76. The van der Waals surface area contributed by atoms with Gasteiger partial charge in [0, 0.05) is 30.9 Å². The van der Waals surface area contributed by atoms with E-state index in [1.165, 1.54) is 11.1 Å². The quantitative estimate of drug-likeness (QED) is 0.612. The van der Waals surface area contributed by atoms with Gasteiger partial charge >= 0.3 is 0 Å². The monoisotopic (exact) mass is 394 g/mol. The van der Waals surface area contributed by atoms with E-state index in [0.29, 0.717) is 26.0 Å². The summed E-state index contributed by atoms with van der Waals surface area (Å²) in [5.41, 5.74) is 7.25. The Labute approximate surface area is 172 Å². The number of hydrogen-bond acceptors (Lipinski definition) is 4. The van der Waals surface area contributed by atoms with Crippen molar-refractivity contribution >= 4 is 11.6 Å². The summed E-state index contributed by atoms with van der Waals surface area (Å²) >= 11 is 0. The van der Waals surface area contributed by atoms with Crippen molar-refractivity contribution in [1.29, 1.82) is 0 Å². The second-order valence-corrected chi connectivity index (χ2v) is 7.80. The van der Waals surface area contributed by atoms with Crippen LogP contribution in [0, 0.1) is 34.6 Å². The molecule has 1 amide bonds. The maximum Gasteiger partial charge on any atom is 0.222 e. The fourth-order valence-electron chi connectivity index (χ4n) is 3.67. The van der Waals surface area contributed by atoms with Gasteiger partial charge in [0.2, 0.25) is 5.91 Å². The summed E-state index contributed by atoms with van der Waals surface area (Å²) in [5, 5.41) is 4.50. The number of nitrogens with zero attached hydrogens (tertiary/aromatic N) is 4. The first-order chi connectivity index (χ1) is 13.7. The van der Waals surface area contributed by atoms with Gasteiger partial charge in [-0.15, -0.1) is 0 Å². The van der Waals surface area contributed by atoms with E-state index in [1.807, 2.05) is 50.5 Å². The molecule has 6 heteroatoms. The second kappa shape index (κ2) is 8.64. The average molecular weight is 395 g/mol. The van der Waals surface area contributed by atoms with Crippen molar-refractivity contribution < 1.29 is 9.53 Å². The Morgan fingerprint density at radius 1 is 1.07 bits per heavy atom. The molecule has 0 N–H and O–H groups in total. The van der Waals surface area contributed by atoms with Crippen LogP contribution in [0.15, 0.2) is 24.3 Å². The number of fused-ring (bicyclic) bond motifs is 1. The lowest BCUT2D eigenvalue weighted by atomic mass is 10.1. The standard InChI is InChI=1S/C23H30N4O2/c1-15-11-16(2)13-20(12-15)29-10-9-26(6)23(28)8-7-21-18(4)24-22-14-17(3)25-27(22)19(21)5/h11-14H,7-10H2,1-6H3. The first kappa shape index (κ1) is 20.8. The molecule has 1 aromatic carbocycles. The number of hydrogen-bond donors (Lipinski definition) is 0. The lowest BCUT2D eigenvalue weighted by Crippen LogP contribution is -2.31. The Bertz CT molecular complexity index is 1020. The fourth-order valence-corrected chi connectivity index (χ4v) is 3.67. The highest BCUT2D eigenvalue weighted by Crippen LogP contribution is 2.18. The maximum absolute atomic E-state index is 12.6. The van der Waals surface area contributed by atoms with E-state index in [4.69, 9.17) is 4.74 Å². The predicted molar refractivity (Wildman–Crippen MR) is 115 cm³/mol. The lowest BCUT2D eigenvalue weighted by Gasteiger charge is -2.18. The zero-order valence-electron chi connectivity index (χ0n) is 18.2. The molecule has 0 atom stereocenters. The smallest absolute Gasteiger partial charge is 0.222 e. The summed E-state index contributed by atoms with van der Waals surface area (Å²) in [6, 6.07) is 8.11. The molecule has 0 spiro atoms. The molecule has 0 saturated carbocycles. The van der Waals surface area contributed by atoms with Crippen LogP contribution >= 0.6 is 0 Å². The van der Waals surface area contributed by atoms with Crippen LogP contribution in [-0.4, -0.2) is 45.6 Å². The zero-order valence-corrected chi connectivity index (χ0v) is 18.2. The molecule has 2 heterocycles. The van der Waals surface area contributed by atoms with Crippen molar-refractivity contribution in [2.24, 2.45) is 0 Å². The van der Waals surface area contributed by atoms with Gasteiger partial charge in [-0.25, -0.2) is 9.50 Å². The van der Waals surface area contributed by atoms with Gasteiger partial charge in [-0.2, -0.15) is 5.10 Å². The third-order valence-corrected chi connectivity index (χ3v) is 5.19. The Hall–Kier alpha value is -2.89. The van der Waals surface area contributed by atoms with E-state index in [-0.39, 0.29) is 5.91 Å². The minimum absolute atomic E-state index is 0.101. The summed E-state index contributed by atoms with van der Waals surface area (Å²) < 4.78 is 7.69. The maximum atomic E-state index is 12.6. The first-order valence-electron chi connectivity index (χ1n) is 10.0. The SMILES string of the molecule is Cc1cc(C)cc(OCCN(C)C(=O)CCc2c(C)nc3cc(C)nn3c2C)c1. The van der Waals surface area contributed by atoms with E-state index in [0.717, 1.165) is 34.0 Å². The molecule has 3 aromatic rings. The van der Waals surface area contributed by atoms with Gasteiger partial charge in [-0.1, -0.05) is 6.07 Å². The van der Waals surface area contributed by atoms with Crippen molar-refractivity contribution in [3.05, 3.63) is 58.0 Å². The molecule has 154 valence electrons. The number of ether oxygens (including phenoxy) is 1. The summed E-state index contributed by atoms with van der Waals surface area (Å²) in [7, 11) is 1.82. The minimum atomic E-state index is 0.101. The number of benzene rings is 1. The third kappa shape index (κ3) is 4.94. The molecule has 0 radical (unpaired) electrons. The lowest BCUT2D eigenvalue weighted by molar-refractivity contribution is -0.130. The van der Waals surface area contributed by atoms with Gasteiger partial charge in [-0.05, 0) is 69.9 Å². The molecule has 0 aliphatic rings. The van der Waals surface area contributed by atoms with Crippen LogP contribution in [0.25, 0.3) is 5.65 Å². The molecule has 0 bridgehead atoms. The molecular weight excluding hydrogens is 364 g/mol. The topological polar surface area (TPSA) is 59.7 Å². The predicted octanol–water partition coefficient (Wildman–Crippen LogP) is 3.74. The Morgan fingerprint density at radius 2 is 1.76 bits per heavy atom. The molecule has 2 aromatic heterocycles. The number of likely N-dealkylation sites (N-methyl/N-ethyl adjacent to an activating group) is 1. The molecule has 6 nitrogen and oxygen atoms in total. The fraction of sp³-hybridized carbons (Fsp3) is 0.435. The summed E-state index contributed by atoms with van der Waals surface area (Å²) in [4.78, 5) is 19.0. The van der Waals surface area contributed by atoms with Crippen molar-refractivity contribution in [2.45, 2.75) is 47.5 Å². The number of rotatable bonds is 7. The van der Waals surface area contributed by atoms with Gasteiger partial charge in [0.05, 0.1) is 12.2 Å². The van der Waals surface area contributed by atoms with Crippen molar-refractivity contribution in [2.75, 3.05) is 20.2 Å². The van der Waals surface area contributed by atoms with Crippen LogP contribution in [-0.2, 0) is 11.2 Å². The molecule has 0 fully saturated rings. The van der Waals surface area contributed by atoms with E-state index in [2.05, 4.69) is 30.0 Å². The van der Waals surface area contributed by atoms with Gasteiger partial charge in [-0.3, -0.25) is 4.79 Å². The molecule has 0 saturated heterocycles. The van der Waals surface area contributed by atoms with E-state index in [9.17, 15) is 4.79 Å². The normalized spacial score (nSPS) is 11.1.